The molecule has 1 spiro atoms. The number of fused-ring (bicyclic) bond motifs is 1. The van der Waals surface area contributed by atoms with Crippen LogP contribution in [-0.2, 0) is 24.8 Å². The fraction of sp³-hybridized carbons (Fsp3) is 0.571. The molecule has 29 heavy (non-hydrogen) atoms. The Hall–Kier alpha value is -2.19. The minimum absolute atomic E-state index is 0.0874. The Labute approximate surface area is 174 Å². The second kappa shape index (κ2) is 6.95. The zero-order valence-corrected chi connectivity index (χ0v) is 17.7. The molecule has 3 aliphatic rings. The van der Waals surface area contributed by atoms with Crippen LogP contribution < -0.4 is 5.32 Å². The lowest BCUT2D eigenvalue weighted by molar-refractivity contribution is -0.0990. The van der Waals surface area contributed by atoms with Gasteiger partial charge in [0.25, 0.3) is 11.8 Å². The maximum atomic E-state index is 12.8. The minimum Gasteiger partial charge on any atom is -0.370 e. The summed E-state index contributed by atoms with van der Waals surface area (Å²) in [6.07, 6.45) is 4.46. The highest BCUT2D eigenvalue weighted by molar-refractivity contribution is 7.12. The van der Waals surface area contributed by atoms with E-state index in [2.05, 4.69) is 10.4 Å². The van der Waals surface area contributed by atoms with Gasteiger partial charge in [-0.15, -0.1) is 11.3 Å². The Morgan fingerprint density at radius 2 is 2.07 bits per heavy atom. The third-order valence-corrected chi connectivity index (χ3v) is 7.44. The van der Waals surface area contributed by atoms with E-state index < -0.39 is 0 Å². The second-order valence-electron chi connectivity index (χ2n) is 8.52. The summed E-state index contributed by atoms with van der Waals surface area (Å²) in [4.78, 5) is 28.1. The fourth-order valence-electron chi connectivity index (χ4n) is 4.39. The van der Waals surface area contributed by atoms with Crippen LogP contribution in [0.5, 0.6) is 0 Å². The van der Waals surface area contributed by atoms with Gasteiger partial charge in [0.2, 0.25) is 0 Å². The molecule has 1 saturated carbocycles. The summed E-state index contributed by atoms with van der Waals surface area (Å²) < 4.78 is 8.17. The second-order valence-corrected chi connectivity index (χ2v) is 9.43. The molecule has 1 aliphatic carbocycles. The number of likely N-dealkylation sites (tertiary alicyclic amines) is 1. The van der Waals surface area contributed by atoms with Crippen molar-refractivity contribution in [3.63, 3.8) is 0 Å². The zero-order valence-electron chi connectivity index (χ0n) is 16.9. The van der Waals surface area contributed by atoms with Crippen LogP contribution >= 0.6 is 11.3 Å². The summed E-state index contributed by atoms with van der Waals surface area (Å²) in [6, 6.07) is 2.30. The predicted molar refractivity (Wildman–Crippen MR) is 109 cm³/mol. The van der Waals surface area contributed by atoms with Crippen molar-refractivity contribution < 1.29 is 14.3 Å². The van der Waals surface area contributed by atoms with E-state index >= 15 is 0 Å². The van der Waals surface area contributed by atoms with Crippen molar-refractivity contribution in [2.75, 3.05) is 13.1 Å². The lowest BCUT2D eigenvalue weighted by Crippen LogP contribution is -2.50. The van der Waals surface area contributed by atoms with Gasteiger partial charge >= 0.3 is 0 Å². The average Bonchev–Trinajstić information content (AvgIpc) is 3.33. The van der Waals surface area contributed by atoms with Gasteiger partial charge < -0.3 is 15.0 Å². The van der Waals surface area contributed by atoms with Crippen molar-refractivity contribution in [2.45, 2.75) is 57.3 Å². The molecule has 0 atom stereocenters. The normalized spacial score (nSPS) is 20.6. The summed E-state index contributed by atoms with van der Waals surface area (Å²) in [6.45, 7) is 3.78. The Balaban J connectivity index is 1.29. The zero-order chi connectivity index (χ0) is 20.2. The summed E-state index contributed by atoms with van der Waals surface area (Å²) in [5.41, 5.74) is 3.29. The van der Waals surface area contributed by atoms with Gasteiger partial charge in [-0.05, 0) is 49.6 Å². The van der Waals surface area contributed by atoms with Gasteiger partial charge in [-0.3, -0.25) is 14.3 Å². The van der Waals surface area contributed by atoms with E-state index in [-0.39, 0.29) is 17.4 Å². The maximum absolute atomic E-state index is 12.8. The number of piperidine rings is 1. The first-order valence-corrected chi connectivity index (χ1v) is 11.2. The van der Waals surface area contributed by atoms with Crippen LogP contribution in [0.1, 0.15) is 62.7 Å². The Kier molecular flexibility index (Phi) is 4.51. The van der Waals surface area contributed by atoms with E-state index in [9.17, 15) is 9.59 Å². The van der Waals surface area contributed by atoms with Crippen molar-refractivity contribution in [1.29, 1.82) is 0 Å². The minimum atomic E-state index is -0.272. The molecule has 2 aliphatic heterocycles. The summed E-state index contributed by atoms with van der Waals surface area (Å²) in [5, 5.41) is 9.50. The largest absolute Gasteiger partial charge is 0.370 e. The quantitative estimate of drug-likeness (QED) is 0.837. The number of aromatic nitrogens is 2. The Bertz CT molecular complexity index is 967. The van der Waals surface area contributed by atoms with E-state index in [1.54, 1.807) is 0 Å². The summed E-state index contributed by atoms with van der Waals surface area (Å²) >= 11 is 1.51. The van der Waals surface area contributed by atoms with Gasteiger partial charge in [-0.25, -0.2) is 0 Å². The highest BCUT2D eigenvalue weighted by Gasteiger charge is 2.43. The molecule has 0 bridgehead atoms. The summed E-state index contributed by atoms with van der Waals surface area (Å²) in [7, 11) is 1.91. The third-order valence-electron chi connectivity index (χ3n) is 6.43. The first kappa shape index (κ1) is 18.8. The van der Waals surface area contributed by atoms with Crippen LogP contribution in [0.4, 0.5) is 0 Å². The van der Waals surface area contributed by atoms with Gasteiger partial charge in [0.1, 0.15) is 0 Å². The monoisotopic (exact) mass is 414 g/mol. The SMILES string of the molecule is Cc1ccsc1C(=O)N1CCC2(CC1)Cc1c(c(C(=O)NC3CC3)nn1C)CO2. The number of carbonyl (C=O) groups is 2. The maximum Gasteiger partial charge on any atom is 0.272 e. The highest BCUT2D eigenvalue weighted by atomic mass is 32.1. The van der Waals surface area contributed by atoms with Crippen LogP contribution in [0.3, 0.4) is 0 Å². The fourth-order valence-corrected chi connectivity index (χ4v) is 5.29. The smallest absolute Gasteiger partial charge is 0.272 e. The summed E-state index contributed by atoms with van der Waals surface area (Å²) in [5.74, 6) is 0.0408. The molecule has 0 unspecified atom stereocenters. The number of aryl methyl sites for hydroxylation is 2. The molecule has 0 aromatic carbocycles. The number of nitrogens with one attached hydrogen (secondary N) is 1. The molecule has 2 amide bonds. The molecule has 8 heteroatoms. The number of hydrogen-bond donors (Lipinski definition) is 1. The number of ether oxygens (including phenoxy) is 1. The van der Waals surface area contributed by atoms with Gasteiger partial charge in [-0.1, -0.05) is 0 Å². The average molecular weight is 415 g/mol. The Morgan fingerprint density at radius 3 is 2.72 bits per heavy atom. The van der Waals surface area contributed by atoms with Crippen LogP contribution in [-0.4, -0.2) is 51.2 Å². The van der Waals surface area contributed by atoms with E-state index in [4.69, 9.17) is 4.74 Å². The van der Waals surface area contributed by atoms with Crippen molar-refractivity contribution >= 4 is 23.2 Å². The predicted octanol–water partition coefficient (Wildman–Crippen LogP) is 2.43. The third kappa shape index (κ3) is 3.38. The molecule has 4 heterocycles. The molecule has 1 saturated heterocycles. The molecule has 2 aromatic rings. The van der Waals surface area contributed by atoms with Gasteiger partial charge in [0.05, 0.1) is 17.1 Å². The first-order chi connectivity index (χ1) is 14.0. The van der Waals surface area contributed by atoms with Crippen molar-refractivity contribution in [3.8, 4) is 0 Å². The molecule has 2 aromatic heterocycles. The molecule has 5 rings (SSSR count). The molecule has 1 N–H and O–H groups in total. The van der Waals surface area contributed by atoms with Gasteiger partial charge in [0, 0.05) is 43.9 Å². The van der Waals surface area contributed by atoms with Gasteiger partial charge in [-0.2, -0.15) is 5.10 Å². The van der Waals surface area contributed by atoms with Gasteiger partial charge in [0.15, 0.2) is 5.69 Å². The number of hydrogen-bond acceptors (Lipinski definition) is 5. The number of thiophene rings is 1. The van der Waals surface area contributed by atoms with E-state index in [0.29, 0.717) is 31.4 Å². The standard InChI is InChI=1S/C21H26N4O3S/c1-13-5-10-29-18(13)20(27)25-8-6-21(7-9-25)11-16-15(12-28-21)17(23-24(16)2)19(26)22-14-3-4-14/h5,10,14H,3-4,6-9,11-12H2,1-2H3,(H,22,26). The first-order valence-electron chi connectivity index (χ1n) is 10.3. The number of carbonyl (C=O) groups excluding carboxylic acids is 2. The highest BCUT2D eigenvalue weighted by Crippen LogP contribution is 2.38. The van der Waals surface area contributed by atoms with Crippen molar-refractivity contribution in [3.05, 3.63) is 38.8 Å². The van der Waals surface area contributed by atoms with Crippen LogP contribution in [0, 0.1) is 6.92 Å². The van der Waals surface area contributed by atoms with Crippen LogP contribution in [0.25, 0.3) is 0 Å². The molecule has 7 nitrogen and oxygen atoms in total. The Morgan fingerprint density at radius 1 is 1.31 bits per heavy atom. The van der Waals surface area contributed by atoms with Crippen LogP contribution in [0.2, 0.25) is 0 Å². The molecule has 154 valence electrons. The topological polar surface area (TPSA) is 76.5 Å². The molecular weight excluding hydrogens is 388 g/mol. The van der Waals surface area contributed by atoms with Crippen molar-refractivity contribution in [2.24, 2.45) is 7.05 Å². The number of amides is 2. The lowest BCUT2D eigenvalue weighted by atomic mass is 9.83. The van der Waals surface area contributed by atoms with E-state index in [1.165, 1.54) is 11.3 Å². The molecule has 0 radical (unpaired) electrons. The lowest BCUT2D eigenvalue weighted by Gasteiger charge is -2.43. The molecular formula is C21H26N4O3S. The van der Waals surface area contributed by atoms with E-state index in [0.717, 1.165) is 53.8 Å². The van der Waals surface area contributed by atoms with E-state index in [1.807, 2.05) is 35.0 Å². The number of rotatable bonds is 3. The van der Waals surface area contributed by atoms with Crippen LogP contribution in [0.15, 0.2) is 11.4 Å². The van der Waals surface area contributed by atoms with Crippen molar-refractivity contribution in [1.82, 2.24) is 20.0 Å². The molecule has 2 fully saturated rings. The number of nitrogens with zero attached hydrogens (tertiary/aromatic N) is 3.